The maximum absolute atomic E-state index is 4.40. The monoisotopic (exact) mass is 240 g/mol. The molecule has 1 aromatic rings. The van der Waals surface area contributed by atoms with E-state index in [1.165, 1.54) is 30.4 Å². The molecule has 0 saturated heterocycles. The average molecular weight is 240 g/mol. The van der Waals surface area contributed by atoms with Crippen molar-refractivity contribution >= 4 is 12.4 Å². The van der Waals surface area contributed by atoms with Gasteiger partial charge in [-0.05, 0) is 36.0 Å². The van der Waals surface area contributed by atoms with E-state index in [0.29, 0.717) is 6.04 Å². The lowest BCUT2D eigenvalue weighted by atomic mass is 9.92. The molecule has 0 amide bonds. The quantitative estimate of drug-likeness (QED) is 0.792. The fourth-order valence-corrected chi connectivity index (χ4v) is 2.86. The van der Waals surface area contributed by atoms with Crippen LogP contribution in [0, 0.1) is 0 Å². The van der Waals surface area contributed by atoms with Crippen molar-refractivity contribution in [2.45, 2.75) is 32.2 Å². The largest absolute Gasteiger partial charge is 0.354 e. The van der Waals surface area contributed by atoms with Gasteiger partial charge in [0.05, 0.1) is 12.9 Å². The van der Waals surface area contributed by atoms with Gasteiger partial charge < -0.3 is 4.90 Å². The zero-order valence-electron chi connectivity index (χ0n) is 11.0. The Morgan fingerprint density at radius 3 is 3.06 bits per heavy atom. The van der Waals surface area contributed by atoms with Gasteiger partial charge in [-0.2, -0.15) is 0 Å². The van der Waals surface area contributed by atoms with Crippen LogP contribution >= 0.6 is 0 Å². The van der Waals surface area contributed by atoms with Gasteiger partial charge in [-0.15, -0.1) is 0 Å². The second kappa shape index (κ2) is 4.97. The van der Waals surface area contributed by atoms with Crippen LogP contribution in [0.4, 0.5) is 0 Å². The number of rotatable bonds is 3. The Kier molecular flexibility index (Phi) is 3.18. The summed E-state index contributed by atoms with van der Waals surface area (Å²) < 4.78 is 0. The highest BCUT2D eigenvalue weighted by molar-refractivity contribution is 5.63. The summed E-state index contributed by atoms with van der Waals surface area (Å²) in [6.07, 6.45) is 7.97. The molecule has 0 radical (unpaired) electrons. The molecular formula is C16H20N2. The van der Waals surface area contributed by atoms with Crippen LogP contribution in [0.1, 0.15) is 30.9 Å². The zero-order chi connectivity index (χ0) is 12.4. The van der Waals surface area contributed by atoms with Gasteiger partial charge in [0, 0.05) is 12.6 Å². The summed E-state index contributed by atoms with van der Waals surface area (Å²) in [6.45, 7) is 4.27. The molecule has 1 unspecified atom stereocenters. The van der Waals surface area contributed by atoms with Crippen LogP contribution < -0.4 is 0 Å². The topological polar surface area (TPSA) is 15.6 Å². The second-order valence-corrected chi connectivity index (χ2v) is 5.22. The smallest absolute Gasteiger partial charge is 0.0856 e. The van der Waals surface area contributed by atoms with E-state index in [1.54, 1.807) is 5.57 Å². The molecule has 1 aliphatic carbocycles. The van der Waals surface area contributed by atoms with Crippen LogP contribution in [-0.4, -0.2) is 30.4 Å². The zero-order valence-corrected chi connectivity index (χ0v) is 11.0. The number of benzene rings is 1. The molecule has 2 aliphatic rings. The molecule has 0 spiro atoms. The van der Waals surface area contributed by atoms with Crippen LogP contribution in [0.3, 0.4) is 0 Å². The molecule has 0 fully saturated rings. The molecule has 0 aromatic heterocycles. The summed E-state index contributed by atoms with van der Waals surface area (Å²) in [7, 11) is 0. The Bertz CT molecular complexity index is 488. The third-order valence-corrected chi connectivity index (χ3v) is 4.00. The molecule has 3 rings (SSSR count). The molecule has 1 heterocycles. The predicted octanol–water partition coefficient (Wildman–Crippen LogP) is 3.14. The SMILES string of the molecule is CCC1CN=CN1CC1=Cc2ccccc2CC1. The van der Waals surface area contributed by atoms with Crippen molar-refractivity contribution in [3.8, 4) is 0 Å². The van der Waals surface area contributed by atoms with E-state index in [2.05, 4.69) is 47.2 Å². The number of hydrogen-bond donors (Lipinski definition) is 0. The van der Waals surface area contributed by atoms with Crippen LogP contribution in [0.5, 0.6) is 0 Å². The van der Waals surface area contributed by atoms with E-state index in [4.69, 9.17) is 0 Å². The second-order valence-electron chi connectivity index (χ2n) is 5.22. The maximum atomic E-state index is 4.40. The lowest BCUT2D eigenvalue weighted by molar-refractivity contribution is 0.362. The van der Waals surface area contributed by atoms with Gasteiger partial charge >= 0.3 is 0 Å². The van der Waals surface area contributed by atoms with Crippen molar-refractivity contribution < 1.29 is 0 Å². The number of hydrogen-bond acceptors (Lipinski definition) is 2. The number of nitrogens with zero attached hydrogens (tertiary/aromatic N) is 2. The lowest BCUT2D eigenvalue weighted by Gasteiger charge is -2.26. The van der Waals surface area contributed by atoms with E-state index in [0.717, 1.165) is 13.1 Å². The van der Waals surface area contributed by atoms with E-state index >= 15 is 0 Å². The van der Waals surface area contributed by atoms with E-state index in [1.807, 2.05) is 6.34 Å². The standard InChI is InChI=1S/C16H20N2/c1-2-16-10-17-12-18(16)11-13-7-8-14-5-3-4-6-15(14)9-13/h3-6,9,12,16H,2,7-8,10-11H2,1H3. The number of fused-ring (bicyclic) bond motifs is 1. The Hall–Kier alpha value is -1.57. The number of aryl methyl sites for hydroxylation is 1. The predicted molar refractivity (Wildman–Crippen MR) is 76.9 cm³/mol. The van der Waals surface area contributed by atoms with Crippen LogP contribution in [0.2, 0.25) is 0 Å². The van der Waals surface area contributed by atoms with Crippen molar-refractivity contribution in [2.24, 2.45) is 4.99 Å². The van der Waals surface area contributed by atoms with Gasteiger partial charge in [-0.3, -0.25) is 4.99 Å². The lowest BCUT2D eigenvalue weighted by Crippen LogP contribution is -2.32. The highest BCUT2D eigenvalue weighted by atomic mass is 15.2. The van der Waals surface area contributed by atoms with Crippen LogP contribution in [-0.2, 0) is 6.42 Å². The molecule has 94 valence electrons. The first kappa shape index (κ1) is 11.5. The highest BCUT2D eigenvalue weighted by Crippen LogP contribution is 2.25. The third kappa shape index (κ3) is 2.20. The first-order valence-corrected chi connectivity index (χ1v) is 6.90. The molecule has 0 saturated carbocycles. The summed E-state index contributed by atoms with van der Waals surface area (Å²) >= 11 is 0. The summed E-state index contributed by atoms with van der Waals surface area (Å²) in [5, 5.41) is 0. The van der Waals surface area contributed by atoms with Crippen molar-refractivity contribution in [2.75, 3.05) is 13.1 Å². The molecule has 2 heteroatoms. The van der Waals surface area contributed by atoms with Crippen molar-refractivity contribution in [1.82, 2.24) is 4.90 Å². The Morgan fingerprint density at radius 2 is 2.17 bits per heavy atom. The van der Waals surface area contributed by atoms with Gasteiger partial charge in [0.1, 0.15) is 0 Å². The van der Waals surface area contributed by atoms with Gasteiger partial charge in [0.25, 0.3) is 0 Å². The Labute approximate surface area is 109 Å². The maximum Gasteiger partial charge on any atom is 0.0856 e. The van der Waals surface area contributed by atoms with Crippen molar-refractivity contribution in [3.63, 3.8) is 0 Å². The summed E-state index contributed by atoms with van der Waals surface area (Å²) in [5.74, 6) is 0. The third-order valence-electron chi connectivity index (χ3n) is 4.00. The molecule has 0 bridgehead atoms. The molecule has 18 heavy (non-hydrogen) atoms. The van der Waals surface area contributed by atoms with E-state index in [-0.39, 0.29) is 0 Å². The van der Waals surface area contributed by atoms with Crippen molar-refractivity contribution in [3.05, 3.63) is 41.0 Å². The molecule has 2 nitrogen and oxygen atoms in total. The normalized spacial score (nSPS) is 21.9. The number of aliphatic imine (C=N–C) groups is 1. The minimum atomic E-state index is 0.614. The molecule has 1 atom stereocenters. The fourth-order valence-electron chi connectivity index (χ4n) is 2.86. The van der Waals surface area contributed by atoms with Crippen LogP contribution in [0.25, 0.3) is 6.08 Å². The van der Waals surface area contributed by atoms with Crippen LogP contribution in [0.15, 0.2) is 34.8 Å². The van der Waals surface area contributed by atoms with Gasteiger partial charge in [-0.25, -0.2) is 0 Å². The molecular weight excluding hydrogens is 220 g/mol. The van der Waals surface area contributed by atoms with Crippen molar-refractivity contribution in [1.29, 1.82) is 0 Å². The van der Waals surface area contributed by atoms with Gasteiger partial charge in [0.15, 0.2) is 0 Å². The molecule has 0 N–H and O–H groups in total. The minimum Gasteiger partial charge on any atom is -0.354 e. The average Bonchev–Trinajstić information content (AvgIpc) is 2.86. The summed E-state index contributed by atoms with van der Waals surface area (Å²) in [4.78, 5) is 6.80. The van der Waals surface area contributed by atoms with Gasteiger partial charge in [0.2, 0.25) is 0 Å². The van der Waals surface area contributed by atoms with Gasteiger partial charge in [-0.1, -0.05) is 37.3 Å². The molecule has 1 aromatic carbocycles. The van der Waals surface area contributed by atoms with E-state index < -0.39 is 0 Å². The Morgan fingerprint density at radius 1 is 1.28 bits per heavy atom. The summed E-state index contributed by atoms with van der Waals surface area (Å²) in [5.41, 5.74) is 4.44. The Balaban J connectivity index is 1.75. The first-order chi connectivity index (χ1) is 8.86. The molecule has 1 aliphatic heterocycles. The first-order valence-electron chi connectivity index (χ1n) is 6.90. The summed E-state index contributed by atoms with van der Waals surface area (Å²) in [6, 6.07) is 9.35. The minimum absolute atomic E-state index is 0.614. The van der Waals surface area contributed by atoms with E-state index in [9.17, 15) is 0 Å². The highest BCUT2D eigenvalue weighted by Gasteiger charge is 2.20. The fraction of sp³-hybridized carbons (Fsp3) is 0.438.